The van der Waals surface area contributed by atoms with Crippen molar-refractivity contribution in [3.8, 4) is 28.4 Å². The van der Waals surface area contributed by atoms with Crippen molar-refractivity contribution in [2.45, 2.75) is 12.3 Å². The van der Waals surface area contributed by atoms with Crippen molar-refractivity contribution in [3.63, 3.8) is 0 Å². The van der Waals surface area contributed by atoms with E-state index in [1.807, 2.05) is 0 Å². The minimum Gasteiger partial charge on any atom is -0.508 e. The van der Waals surface area contributed by atoms with Crippen LogP contribution in [-0.4, -0.2) is 16.2 Å². The molecule has 5 rings (SSSR count). The van der Waals surface area contributed by atoms with Gasteiger partial charge in [0.25, 0.3) is 0 Å². The van der Waals surface area contributed by atoms with Crippen molar-refractivity contribution < 1.29 is 24.2 Å². The van der Waals surface area contributed by atoms with E-state index in [0.717, 1.165) is 5.56 Å². The first-order valence-electron chi connectivity index (χ1n) is 9.49. The summed E-state index contributed by atoms with van der Waals surface area (Å²) in [6, 6.07) is 14.4. The van der Waals surface area contributed by atoms with Gasteiger partial charge in [-0.2, -0.15) is 0 Å². The molecule has 7 heteroatoms. The Morgan fingerprint density at radius 3 is 2.39 bits per heavy atom. The van der Waals surface area contributed by atoms with Crippen LogP contribution in [0.15, 0.2) is 70.1 Å². The zero-order valence-corrected chi connectivity index (χ0v) is 16.7. The second-order valence-electron chi connectivity index (χ2n) is 7.32. The number of ether oxygens (including phenoxy) is 1. The molecular formula is C24H15ClO6. The highest BCUT2D eigenvalue weighted by Gasteiger charge is 2.33. The van der Waals surface area contributed by atoms with Crippen molar-refractivity contribution in [2.24, 2.45) is 0 Å². The fraction of sp³-hybridized carbons (Fsp3) is 0.0833. The van der Waals surface area contributed by atoms with Gasteiger partial charge in [-0.15, -0.1) is 0 Å². The second-order valence-corrected chi connectivity index (χ2v) is 7.76. The average Bonchev–Trinajstić information content (AvgIpc) is 2.74. The van der Waals surface area contributed by atoms with Crippen LogP contribution in [0.2, 0.25) is 5.02 Å². The predicted octanol–water partition coefficient (Wildman–Crippen LogP) is 4.97. The lowest BCUT2D eigenvalue weighted by Gasteiger charge is -2.26. The molecule has 1 aliphatic heterocycles. The number of fused-ring (bicyclic) bond motifs is 3. The molecule has 2 heterocycles. The first-order valence-corrected chi connectivity index (χ1v) is 9.87. The summed E-state index contributed by atoms with van der Waals surface area (Å²) in [5.41, 5.74) is 1.82. The lowest BCUT2D eigenvalue weighted by Crippen LogP contribution is -2.22. The number of hydrogen-bond donors (Lipinski definition) is 2. The van der Waals surface area contributed by atoms with Gasteiger partial charge in [0, 0.05) is 22.6 Å². The van der Waals surface area contributed by atoms with Gasteiger partial charge in [-0.1, -0.05) is 35.9 Å². The van der Waals surface area contributed by atoms with Gasteiger partial charge in [0.05, 0.1) is 12.0 Å². The molecule has 0 bridgehead atoms. The standard InChI is InChI=1S/C24H15ClO6/c25-14-5-1-12(2-6-14)16-9-20(28)31-19-10-18(27)22-23(29)17(11-30-24(22)21(16)19)13-3-7-15(26)8-4-13/h1-8,10-11,16,26-27H,9H2/t16-/m1/s1. The Hall–Kier alpha value is -3.77. The normalized spacial score (nSPS) is 15.5. The van der Waals surface area contributed by atoms with E-state index in [2.05, 4.69) is 0 Å². The maximum Gasteiger partial charge on any atom is 0.312 e. The van der Waals surface area contributed by atoms with Crippen LogP contribution in [0, 0.1) is 0 Å². The van der Waals surface area contributed by atoms with Crippen LogP contribution < -0.4 is 10.2 Å². The minimum atomic E-state index is -0.450. The molecule has 6 nitrogen and oxygen atoms in total. The number of rotatable bonds is 2. The maximum atomic E-state index is 13.3. The summed E-state index contributed by atoms with van der Waals surface area (Å²) in [5, 5.41) is 20.7. The number of phenols is 2. The van der Waals surface area contributed by atoms with E-state index in [9.17, 15) is 19.8 Å². The molecule has 0 amide bonds. The Balaban J connectivity index is 1.77. The largest absolute Gasteiger partial charge is 0.508 e. The van der Waals surface area contributed by atoms with Gasteiger partial charge < -0.3 is 19.4 Å². The number of hydrogen-bond acceptors (Lipinski definition) is 6. The second kappa shape index (κ2) is 7.18. The third-order valence-electron chi connectivity index (χ3n) is 5.42. The first kappa shape index (κ1) is 19.2. The Morgan fingerprint density at radius 1 is 0.968 bits per heavy atom. The molecule has 2 N–H and O–H groups in total. The predicted molar refractivity (Wildman–Crippen MR) is 115 cm³/mol. The van der Waals surface area contributed by atoms with Crippen LogP contribution in [0.3, 0.4) is 0 Å². The molecule has 1 aromatic heterocycles. The maximum absolute atomic E-state index is 13.3. The fourth-order valence-electron chi connectivity index (χ4n) is 3.95. The van der Waals surface area contributed by atoms with Gasteiger partial charge >= 0.3 is 5.97 Å². The van der Waals surface area contributed by atoms with Crippen molar-refractivity contribution in [1.29, 1.82) is 0 Å². The van der Waals surface area contributed by atoms with Gasteiger partial charge in [-0.05, 0) is 35.4 Å². The Labute approximate surface area is 180 Å². The third-order valence-corrected chi connectivity index (χ3v) is 5.67. The summed E-state index contributed by atoms with van der Waals surface area (Å²) in [6.07, 6.45) is 1.37. The highest BCUT2D eigenvalue weighted by Crippen LogP contribution is 2.45. The molecule has 0 fully saturated rings. The zero-order chi connectivity index (χ0) is 21.7. The number of halogens is 1. The molecule has 0 aliphatic carbocycles. The van der Waals surface area contributed by atoms with E-state index < -0.39 is 17.3 Å². The Kier molecular flexibility index (Phi) is 4.45. The van der Waals surface area contributed by atoms with Crippen LogP contribution in [0.25, 0.3) is 22.1 Å². The van der Waals surface area contributed by atoms with Gasteiger partial charge in [-0.25, -0.2) is 0 Å². The lowest BCUT2D eigenvalue weighted by molar-refractivity contribution is -0.135. The van der Waals surface area contributed by atoms with E-state index in [0.29, 0.717) is 16.1 Å². The molecular weight excluding hydrogens is 420 g/mol. The van der Waals surface area contributed by atoms with Crippen molar-refractivity contribution in [3.05, 3.63) is 87.2 Å². The van der Waals surface area contributed by atoms with E-state index >= 15 is 0 Å². The zero-order valence-electron chi connectivity index (χ0n) is 16.0. The molecule has 31 heavy (non-hydrogen) atoms. The van der Waals surface area contributed by atoms with Gasteiger partial charge in [0.2, 0.25) is 5.43 Å². The number of benzene rings is 3. The molecule has 1 aliphatic rings. The number of esters is 1. The molecule has 0 unspecified atom stereocenters. The van der Waals surface area contributed by atoms with Crippen molar-refractivity contribution >= 4 is 28.5 Å². The van der Waals surface area contributed by atoms with Crippen LogP contribution in [0.4, 0.5) is 0 Å². The van der Waals surface area contributed by atoms with E-state index in [1.165, 1.54) is 24.5 Å². The molecule has 0 saturated heterocycles. The monoisotopic (exact) mass is 434 g/mol. The number of carbonyl (C=O) groups excluding carboxylic acids is 1. The van der Waals surface area contributed by atoms with Gasteiger partial charge in [0.1, 0.15) is 34.5 Å². The first-order chi connectivity index (χ1) is 14.9. The van der Waals surface area contributed by atoms with E-state index in [1.54, 1.807) is 36.4 Å². The molecule has 0 radical (unpaired) electrons. The van der Waals surface area contributed by atoms with E-state index in [4.69, 9.17) is 20.8 Å². The highest BCUT2D eigenvalue weighted by atomic mass is 35.5. The Bertz CT molecular complexity index is 1390. The van der Waals surface area contributed by atoms with Crippen LogP contribution >= 0.6 is 11.6 Å². The molecule has 3 aromatic carbocycles. The van der Waals surface area contributed by atoms with Crippen molar-refractivity contribution in [2.75, 3.05) is 0 Å². The van der Waals surface area contributed by atoms with Crippen molar-refractivity contribution in [1.82, 2.24) is 0 Å². The van der Waals surface area contributed by atoms with Gasteiger partial charge in [-0.3, -0.25) is 9.59 Å². The fourth-order valence-corrected chi connectivity index (χ4v) is 4.08. The summed E-state index contributed by atoms with van der Waals surface area (Å²) >= 11 is 6.00. The number of aromatic hydroxyl groups is 2. The van der Waals surface area contributed by atoms with Crippen LogP contribution in [0.5, 0.6) is 17.2 Å². The minimum absolute atomic E-state index is 0.00115. The summed E-state index contributed by atoms with van der Waals surface area (Å²) in [6.45, 7) is 0. The molecule has 4 aromatic rings. The van der Waals surface area contributed by atoms with Crippen LogP contribution in [0.1, 0.15) is 23.5 Å². The topological polar surface area (TPSA) is 97.0 Å². The van der Waals surface area contributed by atoms with Crippen LogP contribution in [-0.2, 0) is 4.79 Å². The quantitative estimate of drug-likeness (QED) is 0.341. The summed E-state index contributed by atoms with van der Waals surface area (Å²) in [5.74, 6) is -0.999. The number of phenolic OH excluding ortho intramolecular Hbond substituents is 2. The third kappa shape index (κ3) is 3.21. The molecule has 1 atom stereocenters. The summed E-state index contributed by atoms with van der Waals surface area (Å²) in [4.78, 5) is 25.5. The summed E-state index contributed by atoms with van der Waals surface area (Å²) < 4.78 is 11.2. The average molecular weight is 435 g/mol. The van der Waals surface area contributed by atoms with Gasteiger partial charge in [0.15, 0.2) is 0 Å². The highest BCUT2D eigenvalue weighted by molar-refractivity contribution is 6.30. The summed E-state index contributed by atoms with van der Waals surface area (Å²) in [7, 11) is 0. The molecule has 0 saturated carbocycles. The Morgan fingerprint density at radius 2 is 1.68 bits per heavy atom. The number of carbonyl (C=O) groups is 1. The smallest absolute Gasteiger partial charge is 0.312 e. The SMILES string of the molecule is O=C1C[C@H](c2ccc(Cl)cc2)c2c(cc(O)c3c(=O)c(-c4ccc(O)cc4)coc23)O1. The molecule has 154 valence electrons. The van der Waals surface area contributed by atoms with E-state index in [-0.39, 0.29) is 40.2 Å². The lowest BCUT2D eigenvalue weighted by atomic mass is 9.85. The molecule has 0 spiro atoms.